The Labute approximate surface area is 318 Å². The second-order valence-corrected chi connectivity index (χ2v) is 23.9. The Morgan fingerprint density at radius 3 is 1.80 bits per heavy atom. The van der Waals surface area contributed by atoms with Crippen LogP contribution in [0.5, 0.6) is 11.5 Å². The van der Waals surface area contributed by atoms with Crippen molar-refractivity contribution < 1.29 is 41.9 Å². The maximum atomic E-state index is 14.2. The molecule has 0 saturated carbocycles. The first-order chi connectivity index (χ1) is 25.7. The Morgan fingerprint density at radius 2 is 1.31 bits per heavy atom. The van der Waals surface area contributed by atoms with E-state index in [0.29, 0.717) is 11.5 Å². The number of benzene rings is 2. The molecule has 6 rings (SSSR count). The molecule has 290 valence electrons. The molecule has 1 N–H and O–H groups in total. The van der Waals surface area contributed by atoms with Gasteiger partial charge in [-0.3, -0.25) is 14.2 Å². The maximum Gasteiger partial charge on any atom is 0.335 e. The molecule has 14 nitrogen and oxygen atoms in total. The number of amides is 2. The zero-order valence-corrected chi connectivity index (χ0v) is 34.5. The normalized spacial score (nSPS) is 22.4. The Bertz CT molecular complexity index is 1880. The second kappa shape index (κ2) is 15.6. The third-order valence-corrected chi connectivity index (χ3v) is 20.8. The van der Waals surface area contributed by atoms with Gasteiger partial charge in [0.2, 0.25) is 0 Å². The summed E-state index contributed by atoms with van der Waals surface area (Å²) in [5, 5.41) is 12.1. The highest BCUT2D eigenvalue weighted by Gasteiger charge is 2.61. The number of hydrogen-bond acceptors (Lipinski definition) is 12. The lowest BCUT2D eigenvalue weighted by molar-refractivity contribution is -0.0570. The van der Waals surface area contributed by atoms with Crippen molar-refractivity contribution in [3.63, 3.8) is 0 Å². The highest BCUT2D eigenvalue weighted by molar-refractivity contribution is 6.84. The van der Waals surface area contributed by atoms with E-state index >= 15 is 0 Å². The molecule has 2 aromatic heterocycles. The molecule has 4 aromatic rings. The van der Waals surface area contributed by atoms with Gasteiger partial charge in [-0.25, -0.2) is 19.9 Å². The van der Waals surface area contributed by atoms with E-state index in [1.54, 1.807) is 53.1 Å². The van der Waals surface area contributed by atoms with Crippen molar-refractivity contribution in [2.45, 2.75) is 102 Å². The number of carbonyl (C=O) groups excluding carboxylic acids is 2. The maximum absolute atomic E-state index is 14.2. The van der Waals surface area contributed by atoms with Gasteiger partial charge < -0.3 is 32.3 Å². The number of aliphatic hydroxyl groups is 1. The van der Waals surface area contributed by atoms with Crippen molar-refractivity contribution >= 4 is 45.9 Å². The van der Waals surface area contributed by atoms with E-state index in [-0.39, 0.29) is 56.9 Å². The van der Waals surface area contributed by atoms with Crippen molar-refractivity contribution in [3.8, 4) is 11.5 Å². The van der Waals surface area contributed by atoms with Crippen LogP contribution < -0.4 is 14.4 Å². The fraction of sp³-hybridized carbons (Fsp3) is 0.500. The smallest absolute Gasteiger partial charge is 0.335 e. The topological polar surface area (TPSA) is 157 Å². The van der Waals surface area contributed by atoms with Gasteiger partial charge in [0.15, 0.2) is 23.2 Å². The first-order valence-corrected chi connectivity index (χ1v) is 22.3. The SMILES string of the molecule is COc1ccc(C(=O)N(C(=O)c2ccc(OC)cc2)c2ncnc3c2ncn3[C@@H]2O[C@@H]3CO[Si](C(C)C)(C(C)C)O[Si](C(C)C)(C(C)C)O[C@H]3[C@H]2O)cc1. The highest BCUT2D eigenvalue weighted by Crippen LogP contribution is 2.48. The van der Waals surface area contributed by atoms with E-state index in [1.165, 1.54) is 26.9 Å². The number of imidazole rings is 1. The van der Waals surface area contributed by atoms with Crippen molar-refractivity contribution in [3.05, 3.63) is 72.3 Å². The average molecular weight is 778 g/mol. The summed E-state index contributed by atoms with van der Waals surface area (Å²) in [6, 6.07) is 12.8. The van der Waals surface area contributed by atoms with Crippen LogP contribution in [-0.2, 0) is 17.7 Å². The molecule has 0 unspecified atom stereocenters. The third-order valence-electron chi connectivity index (χ3n) is 10.5. The minimum atomic E-state index is -3.05. The monoisotopic (exact) mass is 777 g/mol. The number of ether oxygens (including phenoxy) is 3. The van der Waals surface area contributed by atoms with Crippen LogP contribution in [0.1, 0.15) is 82.3 Å². The minimum Gasteiger partial charge on any atom is -0.497 e. The lowest BCUT2D eigenvalue weighted by atomic mass is 10.1. The van der Waals surface area contributed by atoms with Crippen molar-refractivity contribution in [1.82, 2.24) is 19.5 Å². The van der Waals surface area contributed by atoms with E-state index in [4.69, 9.17) is 27.2 Å². The van der Waals surface area contributed by atoms with Gasteiger partial charge in [0, 0.05) is 11.1 Å². The molecule has 0 spiro atoms. The molecule has 2 saturated heterocycles. The molecule has 0 aliphatic carbocycles. The zero-order valence-electron chi connectivity index (χ0n) is 32.5. The summed E-state index contributed by atoms with van der Waals surface area (Å²) in [4.78, 5) is 43.0. The Balaban J connectivity index is 1.41. The van der Waals surface area contributed by atoms with E-state index in [9.17, 15) is 14.7 Å². The molecule has 4 atom stereocenters. The Hall–Kier alpha value is -4.04. The molecule has 2 aromatic carbocycles. The first kappa shape index (κ1) is 39.7. The van der Waals surface area contributed by atoms with Crippen molar-refractivity contribution in [1.29, 1.82) is 0 Å². The predicted molar refractivity (Wildman–Crippen MR) is 206 cm³/mol. The first-order valence-electron chi connectivity index (χ1n) is 18.4. The van der Waals surface area contributed by atoms with Crippen LogP contribution in [0.3, 0.4) is 0 Å². The molecule has 54 heavy (non-hydrogen) atoms. The van der Waals surface area contributed by atoms with Gasteiger partial charge in [0.25, 0.3) is 11.8 Å². The number of rotatable bonds is 10. The van der Waals surface area contributed by atoms with Gasteiger partial charge in [-0.2, -0.15) is 0 Å². The molecule has 16 heteroatoms. The van der Waals surface area contributed by atoms with Crippen LogP contribution in [0.25, 0.3) is 11.2 Å². The molecule has 2 amide bonds. The fourth-order valence-corrected chi connectivity index (χ4v) is 18.8. The van der Waals surface area contributed by atoms with Crippen molar-refractivity contribution in [2.24, 2.45) is 0 Å². The summed E-state index contributed by atoms with van der Waals surface area (Å²) in [5.41, 5.74) is 1.23. The second-order valence-electron chi connectivity index (χ2n) is 15.0. The zero-order chi connectivity index (χ0) is 39.1. The van der Waals surface area contributed by atoms with Gasteiger partial charge in [0.05, 0.1) is 27.2 Å². The fourth-order valence-electron chi connectivity index (χ4n) is 7.57. The molecule has 2 aliphatic rings. The molecule has 2 aliphatic heterocycles. The van der Waals surface area contributed by atoms with Crippen molar-refractivity contribution in [2.75, 3.05) is 25.7 Å². The summed E-state index contributed by atoms with van der Waals surface area (Å²) in [5.74, 6) is -0.216. The summed E-state index contributed by atoms with van der Waals surface area (Å²) in [6.45, 7) is 17.3. The quantitative estimate of drug-likeness (QED) is 0.137. The molecular formula is C38H51N5O9Si2. The Kier molecular flexibility index (Phi) is 11.5. The van der Waals surface area contributed by atoms with E-state index in [1.807, 2.05) is 0 Å². The molecule has 4 heterocycles. The number of hydrogen-bond donors (Lipinski definition) is 1. The number of imide groups is 1. The highest BCUT2D eigenvalue weighted by atomic mass is 28.5. The average Bonchev–Trinajstić information content (AvgIpc) is 3.71. The van der Waals surface area contributed by atoms with E-state index in [2.05, 4.69) is 70.3 Å². The lowest BCUT2D eigenvalue weighted by Gasteiger charge is -2.51. The molecule has 2 fully saturated rings. The van der Waals surface area contributed by atoms with Gasteiger partial charge >= 0.3 is 17.1 Å². The predicted octanol–water partition coefficient (Wildman–Crippen LogP) is 6.55. The largest absolute Gasteiger partial charge is 0.497 e. The van der Waals surface area contributed by atoms with Crippen LogP contribution in [0.15, 0.2) is 61.2 Å². The summed E-state index contributed by atoms with van der Waals surface area (Å²) >= 11 is 0. The number of nitrogens with zero attached hydrogens (tertiary/aromatic N) is 5. The summed E-state index contributed by atoms with van der Waals surface area (Å²) in [7, 11) is -2.85. The molecule has 0 bridgehead atoms. The molecular weight excluding hydrogens is 727 g/mol. The van der Waals surface area contributed by atoms with E-state index < -0.39 is 53.5 Å². The number of methoxy groups -OCH3 is 2. The van der Waals surface area contributed by atoms with Gasteiger partial charge in [-0.15, -0.1) is 0 Å². The number of fused-ring (bicyclic) bond motifs is 2. The van der Waals surface area contributed by atoms with E-state index in [0.717, 1.165) is 4.90 Å². The van der Waals surface area contributed by atoms with Gasteiger partial charge in [-0.05, 0) is 70.7 Å². The van der Waals surface area contributed by atoms with Crippen LogP contribution in [0.4, 0.5) is 5.82 Å². The number of aliphatic hydroxyl groups excluding tert-OH is 1. The van der Waals surface area contributed by atoms with Crippen LogP contribution in [0.2, 0.25) is 22.2 Å². The van der Waals surface area contributed by atoms with Crippen LogP contribution in [-0.4, -0.2) is 92.7 Å². The van der Waals surface area contributed by atoms with Crippen LogP contribution in [0, 0.1) is 0 Å². The van der Waals surface area contributed by atoms with Crippen LogP contribution >= 0.6 is 0 Å². The third kappa shape index (κ3) is 6.88. The Morgan fingerprint density at radius 1 is 0.796 bits per heavy atom. The molecule has 0 radical (unpaired) electrons. The number of anilines is 1. The van der Waals surface area contributed by atoms with Gasteiger partial charge in [0.1, 0.15) is 36.1 Å². The van der Waals surface area contributed by atoms with Gasteiger partial charge in [-0.1, -0.05) is 55.4 Å². The number of carbonyl (C=O) groups is 2. The summed E-state index contributed by atoms with van der Waals surface area (Å²) < 4.78 is 40.0. The number of aromatic nitrogens is 4. The standard InChI is InChI=1S/C38H51N5O9Si2/c1-22(2)53(23(3)4)49-19-30-33(51-54(52-53,24(5)6)25(7)8)32(44)38(50-30)42-21-41-31-34(42)39-20-40-35(31)43(36(45)26-11-15-28(47-9)16-12-26)37(46)27-13-17-29(48-10)18-14-27/h11-18,20-25,30,32-33,38,44H,19H2,1-10H3/t30-,32-,33-,38-/m1/s1. The lowest BCUT2D eigenvalue weighted by Crippen LogP contribution is -2.65. The summed E-state index contributed by atoms with van der Waals surface area (Å²) in [6.07, 6.45) is -0.806. The minimum absolute atomic E-state index is 0.0393.